The maximum Gasteiger partial charge on any atom is 0.248 e. The molecule has 1 atom stereocenters. The zero-order chi connectivity index (χ0) is 12.3. The smallest absolute Gasteiger partial charge is 0.248 e. The molecule has 2 rings (SSSR count). The molecular weight excluding hydrogens is 216 g/mol. The fourth-order valence-electron chi connectivity index (χ4n) is 2.10. The Balaban J connectivity index is 2.05. The highest BCUT2D eigenvalue weighted by Gasteiger charge is 2.33. The van der Waals surface area contributed by atoms with Crippen molar-refractivity contribution in [2.24, 2.45) is 0 Å². The normalized spacial score (nSPS) is 18.6. The summed E-state index contributed by atoms with van der Waals surface area (Å²) in [7, 11) is 1.81. The van der Waals surface area contributed by atoms with Crippen LogP contribution in [-0.4, -0.2) is 32.7 Å². The second-order valence-electron chi connectivity index (χ2n) is 4.04. The van der Waals surface area contributed by atoms with E-state index in [1.54, 1.807) is 4.90 Å². The summed E-state index contributed by atoms with van der Waals surface area (Å²) >= 11 is 0. The number of carbonyl (C=O) groups excluding carboxylic acids is 1. The van der Waals surface area contributed by atoms with Crippen molar-refractivity contribution in [3.8, 4) is 0 Å². The van der Waals surface area contributed by atoms with Gasteiger partial charge in [-0.2, -0.15) is 0 Å². The number of nitrogens with one attached hydrogen (secondary N) is 1. The molecule has 4 nitrogen and oxygen atoms in total. The summed E-state index contributed by atoms with van der Waals surface area (Å²) in [5, 5.41) is 3.24. The predicted molar refractivity (Wildman–Crippen MR) is 67.1 cm³/mol. The number of ether oxygens (including phenoxy) is 1. The second-order valence-corrected chi connectivity index (χ2v) is 4.04. The quantitative estimate of drug-likeness (QED) is 0.781. The second kappa shape index (κ2) is 5.29. The molecule has 92 valence electrons. The third-order valence-corrected chi connectivity index (χ3v) is 2.99. The van der Waals surface area contributed by atoms with Crippen LogP contribution in [0.1, 0.15) is 18.5 Å². The lowest BCUT2D eigenvalue weighted by Gasteiger charge is -2.12. The van der Waals surface area contributed by atoms with E-state index < -0.39 is 0 Å². The minimum Gasteiger partial charge on any atom is -0.380 e. The summed E-state index contributed by atoms with van der Waals surface area (Å²) in [5.74, 6) is 0.0997. The first-order valence-corrected chi connectivity index (χ1v) is 5.93. The van der Waals surface area contributed by atoms with Crippen molar-refractivity contribution in [2.45, 2.75) is 13.0 Å². The standard InChI is InChI=1S/C13H18N2O2/c1-3-17-9-8-14-12-10-6-4-5-7-11(10)15(2)13(12)16/h4-7,12,14H,3,8-9H2,1-2H3. The first kappa shape index (κ1) is 12.1. The summed E-state index contributed by atoms with van der Waals surface area (Å²) in [6.07, 6.45) is 0. The van der Waals surface area contributed by atoms with Crippen LogP contribution in [0.4, 0.5) is 5.69 Å². The molecule has 0 spiro atoms. The van der Waals surface area contributed by atoms with Gasteiger partial charge in [0.2, 0.25) is 5.91 Å². The fourth-order valence-corrected chi connectivity index (χ4v) is 2.10. The maximum atomic E-state index is 12.0. The molecule has 0 bridgehead atoms. The van der Waals surface area contributed by atoms with Crippen molar-refractivity contribution < 1.29 is 9.53 Å². The van der Waals surface area contributed by atoms with E-state index in [-0.39, 0.29) is 11.9 Å². The van der Waals surface area contributed by atoms with Gasteiger partial charge in [0.1, 0.15) is 6.04 Å². The molecule has 1 aliphatic rings. The van der Waals surface area contributed by atoms with Gasteiger partial charge >= 0.3 is 0 Å². The summed E-state index contributed by atoms with van der Waals surface area (Å²) in [5.41, 5.74) is 2.04. The van der Waals surface area contributed by atoms with Gasteiger partial charge in [-0.3, -0.25) is 10.1 Å². The zero-order valence-electron chi connectivity index (χ0n) is 10.3. The number of fused-ring (bicyclic) bond motifs is 1. The Morgan fingerprint density at radius 1 is 1.41 bits per heavy atom. The van der Waals surface area contributed by atoms with E-state index in [4.69, 9.17) is 4.74 Å². The topological polar surface area (TPSA) is 41.6 Å². The largest absolute Gasteiger partial charge is 0.380 e. The fraction of sp³-hybridized carbons (Fsp3) is 0.462. The van der Waals surface area contributed by atoms with Crippen LogP contribution in [-0.2, 0) is 9.53 Å². The predicted octanol–water partition coefficient (Wildman–Crippen LogP) is 1.33. The Morgan fingerprint density at radius 3 is 2.94 bits per heavy atom. The number of carbonyl (C=O) groups is 1. The SMILES string of the molecule is CCOCCNC1C(=O)N(C)c2ccccc21. The molecule has 4 heteroatoms. The number of nitrogens with zero attached hydrogens (tertiary/aromatic N) is 1. The van der Waals surface area contributed by atoms with Gasteiger partial charge in [0.15, 0.2) is 0 Å². The third kappa shape index (κ3) is 2.33. The summed E-state index contributed by atoms with van der Waals surface area (Å²) in [6.45, 7) is 3.99. The molecule has 0 radical (unpaired) electrons. The van der Waals surface area contributed by atoms with Crippen LogP contribution in [0, 0.1) is 0 Å². The van der Waals surface area contributed by atoms with E-state index in [2.05, 4.69) is 5.32 Å². The summed E-state index contributed by atoms with van der Waals surface area (Å²) in [4.78, 5) is 13.8. The molecular formula is C13H18N2O2. The van der Waals surface area contributed by atoms with Crippen molar-refractivity contribution in [1.29, 1.82) is 0 Å². The number of hydrogen-bond donors (Lipinski definition) is 1. The lowest BCUT2D eigenvalue weighted by molar-refractivity contribution is -0.119. The van der Waals surface area contributed by atoms with Gasteiger partial charge in [-0.25, -0.2) is 0 Å². The van der Waals surface area contributed by atoms with Crippen molar-refractivity contribution in [3.05, 3.63) is 29.8 Å². The van der Waals surface area contributed by atoms with Gasteiger partial charge in [-0.05, 0) is 13.0 Å². The van der Waals surface area contributed by atoms with Gasteiger partial charge < -0.3 is 9.64 Å². The summed E-state index contributed by atoms with van der Waals surface area (Å²) < 4.78 is 5.26. The minimum absolute atomic E-state index is 0.0997. The molecule has 1 aromatic carbocycles. The van der Waals surface area contributed by atoms with Crippen LogP contribution >= 0.6 is 0 Å². The first-order valence-electron chi connectivity index (χ1n) is 5.93. The number of amides is 1. The highest BCUT2D eigenvalue weighted by molar-refractivity contribution is 6.04. The highest BCUT2D eigenvalue weighted by atomic mass is 16.5. The number of anilines is 1. The molecule has 17 heavy (non-hydrogen) atoms. The molecule has 0 saturated carbocycles. The van der Waals surface area contributed by atoms with Gasteiger partial charge in [0.05, 0.1) is 6.61 Å². The van der Waals surface area contributed by atoms with Crippen LogP contribution in [0.3, 0.4) is 0 Å². The number of benzene rings is 1. The van der Waals surface area contributed by atoms with Crippen LogP contribution in [0.5, 0.6) is 0 Å². The first-order chi connectivity index (χ1) is 8.25. The van der Waals surface area contributed by atoms with Crippen LogP contribution in [0.25, 0.3) is 0 Å². The Morgan fingerprint density at radius 2 is 2.18 bits per heavy atom. The Kier molecular flexibility index (Phi) is 3.76. The molecule has 0 aliphatic carbocycles. The van der Waals surface area contributed by atoms with Crippen LogP contribution in [0.15, 0.2) is 24.3 Å². The maximum absolute atomic E-state index is 12.0. The van der Waals surface area contributed by atoms with Crippen molar-refractivity contribution >= 4 is 11.6 Å². The molecule has 1 amide bonds. The lowest BCUT2D eigenvalue weighted by atomic mass is 10.1. The van der Waals surface area contributed by atoms with E-state index in [1.165, 1.54) is 0 Å². The molecule has 0 aromatic heterocycles. The number of rotatable bonds is 5. The van der Waals surface area contributed by atoms with Gasteiger partial charge in [0, 0.05) is 31.5 Å². The molecule has 0 fully saturated rings. The van der Waals surface area contributed by atoms with Gasteiger partial charge in [0.25, 0.3) is 0 Å². The third-order valence-electron chi connectivity index (χ3n) is 2.99. The Labute approximate surface area is 102 Å². The van der Waals surface area contributed by atoms with Crippen molar-refractivity contribution in [1.82, 2.24) is 5.32 Å². The average molecular weight is 234 g/mol. The Hall–Kier alpha value is -1.39. The molecule has 1 heterocycles. The highest BCUT2D eigenvalue weighted by Crippen LogP contribution is 2.34. The van der Waals surface area contributed by atoms with Crippen LogP contribution in [0.2, 0.25) is 0 Å². The molecule has 1 aromatic rings. The van der Waals surface area contributed by atoms with E-state index in [0.29, 0.717) is 19.8 Å². The van der Waals surface area contributed by atoms with Gasteiger partial charge in [-0.15, -0.1) is 0 Å². The Bertz CT molecular complexity index is 406. The number of likely N-dealkylation sites (N-methyl/N-ethyl adjacent to an activating group) is 1. The zero-order valence-corrected chi connectivity index (χ0v) is 10.3. The van der Waals surface area contributed by atoms with Crippen LogP contribution < -0.4 is 10.2 Å². The number of para-hydroxylation sites is 1. The molecule has 0 saturated heterocycles. The van der Waals surface area contributed by atoms with Gasteiger partial charge in [-0.1, -0.05) is 18.2 Å². The van der Waals surface area contributed by atoms with Crippen molar-refractivity contribution in [2.75, 3.05) is 31.7 Å². The lowest BCUT2D eigenvalue weighted by Crippen LogP contribution is -2.34. The minimum atomic E-state index is -0.225. The van der Waals surface area contributed by atoms with E-state index in [1.807, 2.05) is 38.2 Å². The van der Waals surface area contributed by atoms with E-state index in [9.17, 15) is 4.79 Å². The summed E-state index contributed by atoms with van der Waals surface area (Å²) in [6, 6.07) is 7.65. The monoisotopic (exact) mass is 234 g/mol. The van der Waals surface area contributed by atoms with Crippen molar-refractivity contribution in [3.63, 3.8) is 0 Å². The molecule has 1 aliphatic heterocycles. The van der Waals surface area contributed by atoms with E-state index in [0.717, 1.165) is 11.3 Å². The molecule has 1 N–H and O–H groups in total. The van der Waals surface area contributed by atoms with E-state index >= 15 is 0 Å². The molecule has 1 unspecified atom stereocenters. The number of hydrogen-bond acceptors (Lipinski definition) is 3. The average Bonchev–Trinajstić information content (AvgIpc) is 2.60.